The molecule has 6 heavy (non-hydrogen) atoms. The molecule has 0 saturated heterocycles. The molecule has 0 spiro atoms. The van der Waals surface area contributed by atoms with Crippen LogP contribution in [-0.4, -0.2) is 13.5 Å². The quantitative estimate of drug-likeness (QED) is 0.313. The second-order valence-corrected chi connectivity index (χ2v) is 0.970. The second kappa shape index (κ2) is 2.51. The highest BCUT2D eigenvalue weighted by Crippen LogP contribution is 1.58. The fourth-order valence-electron chi connectivity index (χ4n) is 0.136. The van der Waals surface area contributed by atoms with Crippen molar-refractivity contribution in [1.82, 2.24) is 0 Å². The van der Waals surface area contributed by atoms with E-state index >= 15 is 0 Å². The van der Waals surface area contributed by atoms with Gasteiger partial charge in [-0.1, -0.05) is 0 Å². The molecule has 3 heteroatoms. The van der Waals surface area contributed by atoms with Crippen LogP contribution in [0.4, 0.5) is 0 Å². The van der Waals surface area contributed by atoms with Gasteiger partial charge in [0.15, 0.2) is 7.85 Å². The van der Waals surface area contributed by atoms with Crippen molar-refractivity contribution in [2.24, 2.45) is 5.73 Å². The molecule has 0 aromatic carbocycles. The van der Waals surface area contributed by atoms with E-state index in [2.05, 4.69) is 0 Å². The molecule has 0 aromatic rings. The molecule has 0 rings (SSSR count). The van der Waals surface area contributed by atoms with Gasteiger partial charge in [-0.3, -0.25) is 0 Å². The van der Waals surface area contributed by atoms with E-state index in [-0.39, 0.29) is 5.68 Å². The maximum absolute atomic E-state index is 9.88. The average molecular weight is 82.9 g/mol. The zero-order valence-corrected chi connectivity index (χ0v) is 3.64. The van der Waals surface area contributed by atoms with Crippen LogP contribution in [0.25, 0.3) is 0 Å². The first-order valence-corrected chi connectivity index (χ1v) is 1.66. The molecule has 0 aromatic heterocycles. The van der Waals surface area contributed by atoms with Crippen LogP contribution >= 0.6 is 0 Å². The van der Waals surface area contributed by atoms with Gasteiger partial charge in [-0.2, -0.15) is 0 Å². The van der Waals surface area contributed by atoms with Gasteiger partial charge in [0.05, 0.1) is 0 Å². The Morgan fingerprint density at radius 3 is 2.33 bits per heavy atom. The van der Waals surface area contributed by atoms with E-state index in [9.17, 15) is 4.79 Å². The molecule has 2 N–H and O–H groups in total. The highest BCUT2D eigenvalue weighted by atomic mass is 16.1. The van der Waals surface area contributed by atoms with Crippen molar-refractivity contribution in [2.75, 3.05) is 0 Å². The first-order chi connectivity index (χ1) is 2.77. The van der Waals surface area contributed by atoms with Crippen molar-refractivity contribution in [2.45, 2.75) is 0 Å². The fraction of sp³-hybridized carbons (Fsp3) is 0. The number of carbonyl (C=O) groups is 1. The summed E-state index contributed by atoms with van der Waals surface area (Å²) >= 11 is 0. The fourth-order valence-corrected chi connectivity index (χ4v) is 0.136. The SMILES string of the molecule is BC(=O)/C=C/N. The molecule has 0 aliphatic rings. The normalized spacial score (nSPS) is 9.33. The summed E-state index contributed by atoms with van der Waals surface area (Å²) in [5, 5.41) is 0. The maximum Gasteiger partial charge on any atom is 0.192 e. The second-order valence-electron chi connectivity index (χ2n) is 0.970. The lowest BCUT2D eigenvalue weighted by Gasteiger charge is -1.68. The highest BCUT2D eigenvalue weighted by molar-refractivity contribution is 6.60. The molecule has 0 amide bonds. The first-order valence-electron chi connectivity index (χ1n) is 1.66. The van der Waals surface area contributed by atoms with E-state index in [4.69, 9.17) is 5.73 Å². The number of allylic oxidation sites excluding steroid dienone is 1. The summed E-state index contributed by atoms with van der Waals surface area (Å²) in [5.41, 5.74) is 4.81. The molecular weight excluding hydrogens is 76.9 g/mol. The molecule has 0 heterocycles. The molecule has 0 aliphatic carbocycles. The summed E-state index contributed by atoms with van der Waals surface area (Å²) in [6.45, 7) is 0. The van der Waals surface area contributed by atoms with Gasteiger partial charge >= 0.3 is 0 Å². The van der Waals surface area contributed by atoms with E-state index in [0.29, 0.717) is 0 Å². The van der Waals surface area contributed by atoms with Gasteiger partial charge in [0, 0.05) is 0 Å². The van der Waals surface area contributed by atoms with Crippen LogP contribution < -0.4 is 5.73 Å². The van der Waals surface area contributed by atoms with E-state index in [0.717, 1.165) is 0 Å². The van der Waals surface area contributed by atoms with Gasteiger partial charge in [-0.25, -0.2) is 0 Å². The minimum absolute atomic E-state index is 0.0162. The van der Waals surface area contributed by atoms with Crippen molar-refractivity contribution < 1.29 is 4.79 Å². The minimum Gasteiger partial charge on any atom is -0.405 e. The van der Waals surface area contributed by atoms with Crippen molar-refractivity contribution in [3.8, 4) is 0 Å². The Balaban J connectivity index is 3.30. The van der Waals surface area contributed by atoms with Crippen molar-refractivity contribution in [3.05, 3.63) is 12.3 Å². The predicted molar refractivity (Wildman–Crippen MR) is 26.9 cm³/mol. The molecule has 2 nitrogen and oxygen atoms in total. The van der Waals surface area contributed by atoms with Crippen molar-refractivity contribution >= 4 is 13.5 Å². The minimum atomic E-state index is -0.0162. The Labute approximate surface area is 37.4 Å². The average Bonchev–Trinajstić information content (AvgIpc) is 1.35. The van der Waals surface area contributed by atoms with E-state index in [1.807, 2.05) is 0 Å². The first kappa shape index (κ1) is 5.27. The lowest BCUT2D eigenvalue weighted by molar-refractivity contribution is -0.107. The summed E-state index contributed by atoms with van der Waals surface area (Å²) in [7, 11) is 1.45. The molecule has 0 fully saturated rings. The van der Waals surface area contributed by atoms with Gasteiger partial charge in [0.1, 0.15) is 5.68 Å². The number of hydrogen-bond donors (Lipinski definition) is 1. The number of nitrogens with two attached hydrogens (primary N) is 1. The Bertz CT molecular complexity index is 78.9. The lowest BCUT2D eigenvalue weighted by atomic mass is 10.0. The van der Waals surface area contributed by atoms with Crippen molar-refractivity contribution in [3.63, 3.8) is 0 Å². The zero-order chi connectivity index (χ0) is 4.99. The van der Waals surface area contributed by atoms with Crippen LogP contribution in [0.1, 0.15) is 0 Å². The molecule has 0 aliphatic heterocycles. The Kier molecular flexibility index (Phi) is 2.21. The molecule has 32 valence electrons. The third-order valence-corrected chi connectivity index (χ3v) is 0.331. The summed E-state index contributed by atoms with van der Waals surface area (Å²) in [6, 6.07) is 0. The van der Waals surface area contributed by atoms with Gasteiger partial charge in [0.25, 0.3) is 0 Å². The van der Waals surface area contributed by atoms with E-state index in [1.54, 1.807) is 0 Å². The Morgan fingerprint density at radius 2 is 2.33 bits per heavy atom. The molecule has 0 radical (unpaired) electrons. The van der Waals surface area contributed by atoms with Gasteiger partial charge in [-0.15, -0.1) is 0 Å². The summed E-state index contributed by atoms with van der Waals surface area (Å²) in [4.78, 5) is 9.88. The largest absolute Gasteiger partial charge is 0.405 e. The van der Waals surface area contributed by atoms with Crippen LogP contribution in [0.5, 0.6) is 0 Å². The summed E-state index contributed by atoms with van der Waals surface area (Å²) in [5.74, 6) is 0. The standard InChI is InChI=1S/C3H6BNO/c4-3(6)1-2-5/h1-2H,4-5H2/b2-1+. The van der Waals surface area contributed by atoms with Gasteiger partial charge < -0.3 is 10.5 Å². The molecular formula is C3H6BNO. The van der Waals surface area contributed by atoms with E-state index in [1.165, 1.54) is 20.1 Å². The molecule has 0 atom stereocenters. The monoisotopic (exact) mass is 83.1 g/mol. The number of rotatable bonds is 1. The van der Waals surface area contributed by atoms with Gasteiger partial charge in [0.2, 0.25) is 0 Å². The van der Waals surface area contributed by atoms with Crippen molar-refractivity contribution in [1.29, 1.82) is 0 Å². The molecule has 0 bridgehead atoms. The highest BCUT2D eigenvalue weighted by Gasteiger charge is 1.74. The molecule has 0 unspecified atom stereocenters. The smallest absolute Gasteiger partial charge is 0.192 e. The van der Waals surface area contributed by atoms with Crippen LogP contribution in [0.15, 0.2) is 12.3 Å². The third-order valence-electron chi connectivity index (χ3n) is 0.331. The zero-order valence-electron chi connectivity index (χ0n) is 3.64. The van der Waals surface area contributed by atoms with Crippen LogP contribution in [0, 0.1) is 0 Å². The maximum atomic E-state index is 9.88. The number of carbonyl (C=O) groups excluding carboxylic acids is 1. The summed E-state index contributed by atoms with van der Waals surface area (Å²) < 4.78 is 0. The predicted octanol–water partition coefficient (Wildman–Crippen LogP) is -1.38. The Hall–Kier alpha value is -0.725. The van der Waals surface area contributed by atoms with Crippen LogP contribution in [0.2, 0.25) is 0 Å². The third kappa shape index (κ3) is 3.27. The lowest BCUT2D eigenvalue weighted by Crippen LogP contribution is -1.89. The number of hydrogen-bond acceptors (Lipinski definition) is 2. The summed E-state index contributed by atoms with van der Waals surface area (Å²) in [6.07, 6.45) is 2.53. The van der Waals surface area contributed by atoms with Gasteiger partial charge in [-0.05, 0) is 12.3 Å². The topological polar surface area (TPSA) is 43.1 Å². The van der Waals surface area contributed by atoms with Crippen LogP contribution in [0.3, 0.4) is 0 Å². The van der Waals surface area contributed by atoms with E-state index < -0.39 is 0 Å². The molecule has 0 saturated carbocycles. The Morgan fingerprint density at radius 1 is 1.83 bits per heavy atom. The van der Waals surface area contributed by atoms with Crippen LogP contribution in [-0.2, 0) is 4.79 Å².